The molecule has 0 bridgehead atoms. The van der Waals surface area contributed by atoms with Gasteiger partial charge in [-0.25, -0.2) is 0 Å². The summed E-state index contributed by atoms with van der Waals surface area (Å²) in [5, 5.41) is 9.06. The molecule has 1 atom stereocenters. The molecule has 0 amide bonds. The van der Waals surface area contributed by atoms with Gasteiger partial charge in [0.05, 0.1) is 13.2 Å². The topological polar surface area (TPSA) is 32.7 Å². The standard InChI is InChI=1S/C13H27NO2.C2H6/c1-2-13(12-15)6-4-3-5-7-14-8-10-16-11-9-14;1-2/h13,15H,2-12H2,1H3;1-2H3. The normalized spacial score (nSPS) is 18.0. The molecule has 1 aliphatic rings. The molecule has 1 saturated heterocycles. The Morgan fingerprint density at radius 3 is 2.33 bits per heavy atom. The molecular weight excluding hydrogens is 226 g/mol. The number of morpholine rings is 1. The number of nitrogens with zero attached hydrogens (tertiary/aromatic N) is 1. The number of hydrogen-bond acceptors (Lipinski definition) is 3. The molecule has 0 radical (unpaired) electrons. The monoisotopic (exact) mass is 259 g/mol. The SMILES string of the molecule is CC.CCC(CO)CCCCCN1CCOCC1. The first kappa shape index (κ1) is 17.9. The molecule has 0 aromatic rings. The highest BCUT2D eigenvalue weighted by Gasteiger charge is 2.09. The van der Waals surface area contributed by atoms with Gasteiger partial charge in [0.25, 0.3) is 0 Å². The second-order valence-electron chi connectivity index (χ2n) is 4.76. The molecule has 1 unspecified atom stereocenters. The van der Waals surface area contributed by atoms with Crippen molar-refractivity contribution in [3.8, 4) is 0 Å². The predicted molar refractivity (Wildman–Crippen MR) is 77.9 cm³/mol. The molecule has 110 valence electrons. The van der Waals surface area contributed by atoms with Crippen molar-refractivity contribution in [2.75, 3.05) is 39.5 Å². The quantitative estimate of drug-likeness (QED) is 0.680. The zero-order valence-electron chi connectivity index (χ0n) is 12.7. The highest BCUT2D eigenvalue weighted by Crippen LogP contribution is 2.13. The highest BCUT2D eigenvalue weighted by molar-refractivity contribution is 4.62. The van der Waals surface area contributed by atoms with E-state index in [1.165, 1.54) is 32.2 Å². The lowest BCUT2D eigenvalue weighted by Crippen LogP contribution is -2.36. The number of aliphatic hydroxyl groups excluding tert-OH is 1. The van der Waals surface area contributed by atoms with Crippen molar-refractivity contribution in [3.05, 3.63) is 0 Å². The summed E-state index contributed by atoms with van der Waals surface area (Å²) < 4.78 is 5.32. The zero-order valence-corrected chi connectivity index (χ0v) is 12.7. The molecule has 0 aliphatic carbocycles. The average Bonchev–Trinajstić information content (AvgIpc) is 2.46. The lowest BCUT2D eigenvalue weighted by atomic mass is 9.99. The van der Waals surface area contributed by atoms with Crippen LogP contribution in [0.5, 0.6) is 0 Å². The van der Waals surface area contributed by atoms with Gasteiger partial charge >= 0.3 is 0 Å². The van der Waals surface area contributed by atoms with Gasteiger partial charge in [-0.05, 0) is 25.3 Å². The fraction of sp³-hybridized carbons (Fsp3) is 1.00. The van der Waals surface area contributed by atoms with Gasteiger partial charge in [0.1, 0.15) is 0 Å². The van der Waals surface area contributed by atoms with Gasteiger partial charge in [0, 0.05) is 19.7 Å². The van der Waals surface area contributed by atoms with Gasteiger partial charge in [-0.2, -0.15) is 0 Å². The smallest absolute Gasteiger partial charge is 0.0594 e. The van der Waals surface area contributed by atoms with Gasteiger partial charge < -0.3 is 9.84 Å². The van der Waals surface area contributed by atoms with E-state index in [-0.39, 0.29) is 0 Å². The molecule has 18 heavy (non-hydrogen) atoms. The summed E-state index contributed by atoms with van der Waals surface area (Å²) in [4.78, 5) is 2.49. The Kier molecular flexibility index (Phi) is 13.2. The number of ether oxygens (including phenoxy) is 1. The number of hydrogen-bond donors (Lipinski definition) is 1. The number of aliphatic hydroxyl groups is 1. The summed E-state index contributed by atoms with van der Waals surface area (Å²) in [6.45, 7) is 11.8. The third-order valence-electron chi connectivity index (χ3n) is 3.53. The van der Waals surface area contributed by atoms with E-state index in [1.54, 1.807) is 0 Å². The molecule has 0 spiro atoms. The summed E-state index contributed by atoms with van der Waals surface area (Å²) in [6, 6.07) is 0. The Balaban J connectivity index is 0.00000137. The van der Waals surface area contributed by atoms with Gasteiger partial charge in [-0.1, -0.05) is 40.0 Å². The minimum Gasteiger partial charge on any atom is -0.396 e. The first-order valence-corrected chi connectivity index (χ1v) is 7.77. The number of unbranched alkanes of at least 4 members (excludes halogenated alkanes) is 2. The molecule has 3 nitrogen and oxygen atoms in total. The molecule has 1 N–H and O–H groups in total. The van der Waals surface area contributed by atoms with Crippen LogP contribution in [0.15, 0.2) is 0 Å². The van der Waals surface area contributed by atoms with Crippen LogP contribution in [0.4, 0.5) is 0 Å². The third-order valence-corrected chi connectivity index (χ3v) is 3.53. The molecule has 1 heterocycles. The van der Waals surface area contributed by atoms with Gasteiger partial charge in [0.2, 0.25) is 0 Å². The van der Waals surface area contributed by atoms with Crippen molar-refractivity contribution >= 4 is 0 Å². The molecule has 3 heteroatoms. The molecule has 0 aromatic heterocycles. The fourth-order valence-corrected chi connectivity index (χ4v) is 2.19. The predicted octanol–water partition coefficient (Wildman–Crippen LogP) is 2.92. The Bertz CT molecular complexity index is 155. The Hall–Kier alpha value is -0.120. The highest BCUT2D eigenvalue weighted by atomic mass is 16.5. The van der Waals surface area contributed by atoms with Crippen LogP contribution < -0.4 is 0 Å². The van der Waals surface area contributed by atoms with E-state index in [1.807, 2.05) is 13.8 Å². The van der Waals surface area contributed by atoms with Gasteiger partial charge in [0.15, 0.2) is 0 Å². The lowest BCUT2D eigenvalue weighted by molar-refractivity contribution is 0.0370. The van der Waals surface area contributed by atoms with Crippen LogP contribution in [0.1, 0.15) is 52.9 Å². The van der Waals surface area contributed by atoms with E-state index in [2.05, 4.69) is 11.8 Å². The summed E-state index contributed by atoms with van der Waals surface area (Å²) in [5.41, 5.74) is 0. The van der Waals surface area contributed by atoms with Crippen LogP contribution >= 0.6 is 0 Å². The fourth-order valence-electron chi connectivity index (χ4n) is 2.19. The van der Waals surface area contributed by atoms with Crippen LogP contribution in [0.2, 0.25) is 0 Å². The van der Waals surface area contributed by atoms with Crippen molar-refractivity contribution in [2.45, 2.75) is 52.9 Å². The van der Waals surface area contributed by atoms with Crippen molar-refractivity contribution in [1.82, 2.24) is 4.90 Å². The van der Waals surface area contributed by atoms with Crippen molar-refractivity contribution in [1.29, 1.82) is 0 Å². The summed E-state index contributed by atoms with van der Waals surface area (Å²) in [7, 11) is 0. The minimum atomic E-state index is 0.361. The van der Waals surface area contributed by atoms with Crippen LogP contribution in [0.3, 0.4) is 0 Å². The van der Waals surface area contributed by atoms with Crippen LogP contribution in [0, 0.1) is 5.92 Å². The van der Waals surface area contributed by atoms with E-state index >= 15 is 0 Å². The molecule has 1 rings (SSSR count). The van der Waals surface area contributed by atoms with Crippen LogP contribution in [-0.4, -0.2) is 49.5 Å². The second-order valence-corrected chi connectivity index (χ2v) is 4.76. The maximum atomic E-state index is 9.06. The van der Waals surface area contributed by atoms with Crippen LogP contribution in [0.25, 0.3) is 0 Å². The van der Waals surface area contributed by atoms with E-state index in [0.717, 1.165) is 32.7 Å². The maximum absolute atomic E-state index is 9.06. The van der Waals surface area contributed by atoms with Crippen molar-refractivity contribution < 1.29 is 9.84 Å². The molecule has 1 fully saturated rings. The third kappa shape index (κ3) is 8.90. The van der Waals surface area contributed by atoms with Gasteiger partial charge in [-0.15, -0.1) is 0 Å². The summed E-state index contributed by atoms with van der Waals surface area (Å²) in [6.07, 6.45) is 6.16. The summed E-state index contributed by atoms with van der Waals surface area (Å²) in [5.74, 6) is 0.531. The largest absolute Gasteiger partial charge is 0.396 e. The first-order valence-electron chi connectivity index (χ1n) is 7.77. The molecular formula is C15H33NO2. The van der Waals surface area contributed by atoms with Crippen LogP contribution in [-0.2, 0) is 4.74 Å². The average molecular weight is 259 g/mol. The zero-order chi connectivity index (χ0) is 13.6. The lowest BCUT2D eigenvalue weighted by Gasteiger charge is -2.26. The van der Waals surface area contributed by atoms with Gasteiger partial charge in [-0.3, -0.25) is 4.90 Å². The Morgan fingerprint density at radius 2 is 1.78 bits per heavy atom. The minimum absolute atomic E-state index is 0.361. The Morgan fingerprint density at radius 1 is 1.11 bits per heavy atom. The Labute approximate surface area is 114 Å². The molecule has 0 saturated carbocycles. The maximum Gasteiger partial charge on any atom is 0.0594 e. The van der Waals surface area contributed by atoms with E-state index in [0.29, 0.717) is 12.5 Å². The second kappa shape index (κ2) is 13.3. The first-order chi connectivity index (χ1) is 8.86. The van der Waals surface area contributed by atoms with E-state index < -0.39 is 0 Å². The summed E-state index contributed by atoms with van der Waals surface area (Å²) >= 11 is 0. The van der Waals surface area contributed by atoms with Crippen molar-refractivity contribution in [2.24, 2.45) is 5.92 Å². The van der Waals surface area contributed by atoms with Crippen molar-refractivity contribution in [3.63, 3.8) is 0 Å². The van der Waals surface area contributed by atoms with E-state index in [9.17, 15) is 0 Å². The molecule has 0 aromatic carbocycles. The molecule has 1 aliphatic heterocycles. The van der Waals surface area contributed by atoms with E-state index in [4.69, 9.17) is 9.84 Å². The number of rotatable bonds is 8.